The summed E-state index contributed by atoms with van der Waals surface area (Å²) in [5.41, 5.74) is 1.61. The normalized spacial score (nSPS) is 18.5. The molecule has 1 saturated heterocycles. The zero-order valence-electron chi connectivity index (χ0n) is 14.4. The number of anilines is 1. The molecule has 0 amide bonds. The average molecular weight is 334 g/mol. The molecule has 132 valence electrons. The first-order valence-electron chi connectivity index (χ1n) is 8.40. The summed E-state index contributed by atoms with van der Waals surface area (Å²) < 4.78 is 11.3. The first-order valence-corrected chi connectivity index (χ1v) is 8.40. The molecule has 1 aromatic rings. The van der Waals surface area contributed by atoms with Crippen molar-refractivity contribution in [3.05, 3.63) is 17.7 Å². The third kappa shape index (κ3) is 3.98. The predicted molar refractivity (Wildman–Crippen MR) is 93.5 cm³/mol. The monoisotopic (exact) mass is 334 g/mol. The molecule has 24 heavy (non-hydrogen) atoms. The fourth-order valence-corrected chi connectivity index (χ4v) is 3.02. The van der Waals surface area contributed by atoms with Crippen LogP contribution in [-0.4, -0.2) is 74.8 Å². The van der Waals surface area contributed by atoms with E-state index in [9.17, 15) is 5.21 Å². The van der Waals surface area contributed by atoms with Crippen molar-refractivity contribution < 1.29 is 14.7 Å². The molecule has 0 bridgehead atoms. The first-order chi connectivity index (χ1) is 11.7. The van der Waals surface area contributed by atoms with E-state index in [1.165, 1.54) is 6.34 Å². The number of rotatable bonds is 6. The van der Waals surface area contributed by atoms with Crippen molar-refractivity contribution in [3.8, 4) is 11.5 Å². The summed E-state index contributed by atoms with van der Waals surface area (Å²) in [6.45, 7) is 6.71. The third-order valence-corrected chi connectivity index (χ3v) is 4.54. The highest BCUT2D eigenvalue weighted by molar-refractivity contribution is 5.81. The summed E-state index contributed by atoms with van der Waals surface area (Å²) in [5.74, 6) is 1.34. The second-order valence-corrected chi connectivity index (χ2v) is 6.28. The van der Waals surface area contributed by atoms with Gasteiger partial charge in [0.1, 0.15) is 6.34 Å². The van der Waals surface area contributed by atoms with Gasteiger partial charge < -0.3 is 19.3 Å². The highest BCUT2D eigenvalue weighted by Crippen LogP contribution is 2.36. The van der Waals surface area contributed by atoms with Crippen LogP contribution in [0.25, 0.3) is 0 Å². The van der Waals surface area contributed by atoms with Crippen molar-refractivity contribution in [1.29, 1.82) is 0 Å². The average Bonchev–Trinajstić information content (AvgIpc) is 2.60. The smallest absolute Gasteiger partial charge is 0.163 e. The van der Waals surface area contributed by atoms with E-state index in [1.54, 1.807) is 7.11 Å². The highest BCUT2D eigenvalue weighted by Gasteiger charge is 2.18. The Labute approximate surface area is 143 Å². The maximum absolute atomic E-state index is 9.89. The van der Waals surface area contributed by atoms with Gasteiger partial charge in [0.25, 0.3) is 0 Å². The number of hydroxylamine groups is 1. The van der Waals surface area contributed by atoms with Crippen LogP contribution in [-0.2, 0) is 6.54 Å². The van der Waals surface area contributed by atoms with Gasteiger partial charge in [-0.1, -0.05) is 0 Å². The van der Waals surface area contributed by atoms with Gasteiger partial charge in [0.2, 0.25) is 0 Å². The third-order valence-electron chi connectivity index (χ3n) is 4.54. The Morgan fingerprint density at radius 1 is 1.17 bits per heavy atom. The number of ether oxygens (including phenoxy) is 2. The van der Waals surface area contributed by atoms with Gasteiger partial charge in [-0.2, -0.15) is 0 Å². The Bertz CT molecular complexity index is 585. The topological polar surface area (TPSA) is 60.8 Å². The molecule has 0 atom stereocenters. The van der Waals surface area contributed by atoms with Crippen LogP contribution in [0.3, 0.4) is 0 Å². The Balaban J connectivity index is 1.54. The predicted octanol–water partition coefficient (Wildman–Crippen LogP) is 1.45. The molecule has 0 saturated carbocycles. The summed E-state index contributed by atoms with van der Waals surface area (Å²) in [7, 11) is 3.79. The number of piperazine rings is 1. The minimum atomic E-state index is 0.534. The van der Waals surface area contributed by atoms with Gasteiger partial charge in [0.05, 0.1) is 25.9 Å². The lowest BCUT2D eigenvalue weighted by Crippen LogP contribution is -2.44. The maximum atomic E-state index is 9.89. The molecule has 0 aromatic heterocycles. The van der Waals surface area contributed by atoms with Gasteiger partial charge in [0.15, 0.2) is 11.5 Å². The van der Waals surface area contributed by atoms with Crippen LogP contribution in [0.1, 0.15) is 12.0 Å². The SMILES string of the molecule is COc1cc2c(cc1OCCCN1CCN(C)CC1)N(O)C=NC2. The van der Waals surface area contributed by atoms with E-state index < -0.39 is 0 Å². The van der Waals surface area contributed by atoms with E-state index in [-0.39, 0.29) is 0 Å². The standard InChI is InChI=1S/C17H26N4O3/c1-19-5-7-20(8-6-19)4-3-9-24-17-11-15-14(10-16(17)23-2)12-18-13-21(15)22/h10-11,13,22H,3-9,12H2,1-2H3. The molecule has 0 radical (unpaired) electrons. The molecule has 0 aliphatic carbocycles. The molecular formula is C17H26N4O3. The van der Waals surface area contributed by atoms with Crippen LogP contribution in [0, 0.1) is 0 Å². The zero-order chi connectivity index (χ0) is 16.9. The molecule has 7 nitrogen and oxygen atoms in total. The van der Waals surface area contributed by atoms with Crippen molar-refractivity contribution in [2.24, 2.45) is 4.99 Å². The maximum Gasteiger partial charge on any atom is 0.163 e. The molecule has 2 aliphatic heterocycles. The van der Waals surface area contributed by atoms with Crippen molar-refractivity contribution >= 4 is 12.0 Å². The van der Waals surface area contributed by atoms with Crippen LogP contribution in [0.15, 0.2) is 17.1 Å². The largest absolute Gasteiger partial charge is 0.493 e. The van der Waals surface area contributed by atoms with E-state index in [4.69, 9.17) is 9.47 Å². The van der Waals surface area contributed by atoms with Crippen molar-refractivity contribution in [1.82, 2.24) is 9.80 Å². The number of aliphatic imine (C=N–C) groups is 1. The van der Waals surface area contributed by atoms with E-state index in [1.807, 2.05) is 12.1 Å². The lowest BCUT2D eigenvalue weighted by Gasteiger charge is -2.32. The fourth-order valence-electron chi connectivity index (χ4n) is 3.02. The molecule has 7 heteroatoms. The van der Waals surface area contributed by atoms with E-state index >= 15 is 0 Å². The van der Waals surface area contributed by atoms with Gasteiger partial charge in [0, 0.05) is 44.4 Å². The molecule has 0 spiro atoms. The van der Waals surface area contributed by atoms with Gasteiger partial charge in [-0.25, -0.2) is 5.06 Å². The Hall–Kier alpha value is -1.83. The molecule has 2 aliphatic rings. The molecular weight excluding hydrogens is 308 g/mol. The molecule has 2 heterocycles. The first kappa shape index (κ1) is 17.0. The van der Waals surface area contributed by atoms with Crippen molar-refractivity contribution in [2.45, 2.75) is 13.0 Å². The lowest BCUT2D eigenvalue weighted by atomic mass is 10.1. The van der Waals surface area contributed by atoms with Crippen molar-refractivity contribution in [2.75, 3.05) is 58.6 Å². The second kappa shape index (κ2) is 7.83. The van der Waals surface area contributed by atoms with Gasteiger partial charge >= 0.3 is 0 Å². The Morgan fingerprint density at radius 2 is 1.96 bits per heavy atom. The minimum Gasteiger partial charge on any atom is -0.493 e. The second-order valence-electron chi connectivity index (χ2n) is 6.28. The summed E-state index contributed by atoms with van der Waals surface area (Å²) in [4.78, 5) is 8.91. The van der Waals surface area contributed by atoms with Gasteiger partial charge in [-0.05, 0) is 19.5 Å². The van der Waals surface area contributed by atoms with Crippen molar-refractivity contribution in [3.63, 3.8) is 0 Å². The van der Waals surface area contributed by atoms with Gasteiger partial charge in [-0.15, -0.1) is 0 Å². The summed E-state index contributed by atoms with van der Waals surface area (Å²) in [6, 6.07) is 3.69. The fraction of sp³-hybridized carbons (Fsp3) is 0.588. The van der Waals surface area contributed by atoms with E-state index in [0.29, 0.717) is 30.3 Å². The molecule has 0 unspecified atom stereocenters. The summed E-state index contributed by atoms with van der Waals surface area (Å²) in [5, 5.41) is 10.9. The van der Waals surface area contributed by atoms with Crippen LogP contribution >= 0.6 is 0 Å². The Morgan fingerprint density at radius 3 is 2.71 bits per heavy atom. The van der Waals surface area contributed by atoms with Crippen LogP contribution in [0.2, 0.25) is 0 Å². The number of likely N-dealkylation sites (N-methyl/N-ethyl adjacent to an activating group) is 1. The molecule has 3 rings (SSSR count). The minimum absolute atomic E-state index is 0.534. The number of hydrogen-bond donors (Lipinski definition) is 1. The quantitative estimate of drug-likeness (QED) is 0.795. The van der Waals surface area contributed by atoms with Crippen LogP contribution < -0.4 is 14.5 Å². The summed E-state index contributed by atoms with van der Waals surface area (Å²) >= 11 is 0. The van der Waals surface area contributed by atoms with E-state index in [2.05, 4.69) is 21.8 Å². The number of hydrogen-bond acceptors (Lipinski definition) is 7. The van der Waals surface area contributed by atoms with E-state index in [0.717, 1.165) is 49.8 Å². The number of methoxy groups -OCH3 is 1. The zero-order valence-corrected chi connectivity index (χ0v) is 14.4. The van der Waals surface area contributed by atoms with Gasteiger partial charge in [-0.3, -0.25) is 10.2 Å². The number of fused-ring (bicyclic) bond motifs is 1. The number of benzene rings is 1. The molecule has 1 aromatic carbocycles. The molecule has 1 N–H and O–H groups in total. The summed E-state index contributed by atoms with van der Waals surface area (Å²) in [6.07, 6.45) is 2.38. The molecule has 1 fully saturated rings. The van der Waals surface area contributed by atoms with Crippen LogP contribution in [0.4, 0.5) is 5.69 Å². The lowest BCUT2D eigenvalue weighted by molar-refractivity contribution is 0.145. The highest BCUT2D eigenvalue weighted by atomic mass is 16.5. The van der Waals surface area contributed by atoms with Crippen LogP contribution in [0.5, 0.6) is 11.5 Å². The Kier molecular flexibility index (Phi) is 5.55. The number of nitrogens with zero attached hydrogens (tertiary/aromatic N) is 4.